The Bertz CT molecular complexity index is 335. The fourth-order valence-electron chi connectivity index (χ4n) is 2.86. The standard InChI is InChI=1S/C7H9IO3S/c8-7-1-4-5(2-7)11-12(9,10)6(4)3-7/h4-6H,1-3H2. The highest BCUT2D eigenvalue weighted by Gasteiger charge is 2.64. The van der Waals surface area contributed by atoms with E-state index in [4.69, 9.17) is 4.18 Å². The first-order valence-corrected chi connectivity index (χ1v) is 6.66. The normalized spacial score (nSPS) is 59.6. The zero-order chi connectivity index (χ0) is 8.56. The molecule has 1 saturated heterocycles. The Labute approximate surface area is 85.1 Å². The molecule has 2 saturated carbocycles. The molecule has 0 aromatic heterocycles. The van der Waals surface area contributed by atoms with E-state index in [0.717, 1.165) is 19.3 Å². The molecular formula is C7H9IO3S. The van der Waals surface area contributed by atoms with Crippen molar-refractivity contribution in [2.45, 2.75) is 34.0 Å². The van der Waals surface area contributed by atoms with Crippen LogP contribution in [0.1, 0.15) is 19.3 Å². The highest BCUT2D eigenvalue weighted by molar-refractivity contribution is 14.1. The summed E-state index contributed by atoms with van der Waals surface area (Å²) in [5.74, 6) is 0.312. The van der Waals surface area contributed by atoms with Crippen LogP contribution < -0.4 is 0 Å². The van der Waals surface area contributed by atoms with Gasteiger partial charge in [-0.3, -0.25) is 4.18 Å². The number of fused-ring (bicyclic) bond motifs is 1. The summed E-state index contributed by atoms with van der Waals surface area (Å²) in [6, 6.07) is 0. The minimum Gasteiger partial charge on any atom is -0.266 e. The Kier molecular flexibility index (Phi) is 1.33. The molecule has 5 heteroatoms. The van der Waals surface area contributed by atoms with Gasteiger partial charge in [-0.15, -0.1) is 0 Å². The maximum atomic E-state index is 11.4. The third-order valence-electron chi connectivity index (χ3n) is 3.32. The van der Waals surface area contributed by atoms with Gasteiger partial charge < -0.3 is 0 Å². The molecule has 68 valence electrons. The molecule has 2 bridgehead atoms. The molecule has 0 aromatic carbocycles. The van der Waals surface area contributed by atoms with Crippen molar-refractivity contribution in [3.63, 3.8) is 0 Å². The molecule has 0 aromatic rings. The smallest absolute Gasteiger partial charge is 0.266 e. The van der Waals surface area contributed by atoms with Crippen molar-refractivity contribution in [3.05, 3.63) is 0 Å². The summed E-state index contributed by atoms with van der Waals surface area (Å²) in [4.78, 5) is 0. The van der Waals surface area contributed by atoms with E-state index in [9.17, 15) is 8.42 Å². The fraction of sp³-hybridized carbons (Fsp3) is 1.00. The molecule has 4 unspecified atom stereocenters. The van der Waals surface area contributed by atoms with Crippen LogP contribution in [0.5, 0.6) is 0 Å². The van der Waals surface area contributed by atoms with Crippen LogP contribution in [0.15, 0.2) is 0 Å². The summed E-state index contributed by atoms with van der Waals surface area (Å²) in [5.41, 5.74) is 0. The lowest BCUT2D eigenvalue weighted by Crippen LogP contribution is -2.25. The van der Waals surface area contributed by atoms with E-state index in [1.807, 2.05) is 0 Å². The second kappa shape index (κ2) is 2.00. The highest BCUT2D eigenvalue weighted by Crippen LogP contribution is 2.60. The van der Waals surface area contributed by atoms with Crippen LogP contribution in [-0.2, 0) is 14.3 Å². The zero-order valence-electron chi connectivity index (χ0n) is 6.36. The SMILES string of the molecule is O=S1(=O)OC2CC3(I)CC2C1C3. The van der Waals surface area contributed by atoms with Crippen molar-refractivity contribution in [1.82, 2.24) is 0 Å². The monoisotopic (exact) mass is 300 g/mol. The van der Waals surface area contributed by atoms with Gasteiger partial charge in [0.15, 0.2) is 0 Å². The maximum absolute atomic E-state index is 11.4. The van der Waals surface area contributed by atoms with E-state index < -0.39 is 10.1 Å². The van der Waals surface area contributed by atoms with Gasteiger partial charge in [0.2, 0.25) is 0 Å². The van der Waals surface area contributed by atoms with Gasteiger partial charge in [-0.1, -0.05) is 22.6 Å². The van der Waals surface area contributed by atoms with Crippen LogP contribution in [0.2, 0.25) is 0 Å². The maximum Gasteiger partial charge on any atom is 0.270 e. The Morgan fingerprint density at radius 2 is 2.08 bits per heavy atom. The number of alkyl halides is 1. The van der Waals surface area contributed by atoms with Crippen molar-refractivity contribution in [3.8, 4) is 0 Å². The molecule has 0 spiro atoms. The van der Waals surface area contributed by atoms with Crippen molar-refractivity contribution in [2.24, 2.45) is 5.92 Å². The third kappa shape index (κ3) is 0.824. The lowest BCUT2D eigenvalue weighted by Gasteiger charge is -2.19. The molecule has 12 heavy (non-hydrogen) atoms. The number of hydrogen-bond acceptors (Lipinski definition) is 3. The third-order valence-corrected chi connectivity index (χ3v) is 6.41. The minimum atomic E-state index is -3.17. The summed E-state index contributed by atoms with van der Waals surface area (Å²) < 4.78 is 28.1. The molecule has 0 N–H and O–H groups in total. The van der Waals surface area contributed by atoms with Gasteiger partial charge >= 0.3 is 0 Å². The molecule has 0 amide bonds. The second-order valence-electron chi connectivity index (χ2n) is 4.09. The summed E-state index contributed by atoms with van der Waals surface area (Å²) in [5, 5.41) is -0.173. The first-order valence-electron chi connectivity index (χ1n) is 4.11. The van der Waals surface area contributed by atoms with Gasteiger partial charge in [0.25, 0.3) is 10.1 Å². The lowest BCUT2D eigenvalue weighted by atomic mass is 9.98. The van der Waals surface area contributed by atoms with E-state index in [2.05, 4.69) is 22.6 Å². The Balaban J connectivity index is 2.13. The van der Waals surface area contributed by atoms with Crippen molar-refractivity contribution < 1.29 is 12.6 Å². The topological polar surface area (TPSA) is 43.4 Å². The summed E-state index contributed by atoms with van der Waals surface area (Å²) in [6.45, 7) is 0. The van der Waals surface area contributed by atoms with Crippen LogP contribution >= 0.6 is 22.6 Å². The van der Waals surface area contributed by atoms with Gasteiger partial charge in [0.05, 0.1) is 11.4 Å². The zero-order valence-corrected chi connectivity index (χ0v) is 9.34. The minimum absolute atomic E-state index is 0.0191. The molecule has 2 aliphatic carbocycles. The largest absolute Gasteiger partial charge is 0.270 e. The molecule has 1 aliphatic heterocycles. The molecular weight excluding hydrogens is 291 g/mol. The van der Waals surface area contributed by atoms with Crippen LogP contribution in [0.25, 0.3) is 0 Å². The van der Waals surface area contributed by atoms with Gasteiger partial charge in [0.1, 0.15) is 0 Å². The van der Waals surface area contributed by atoms with Crippen molar-refractivity contribution in [2.75, 3.05) is 0 Å². The Hall–Kier alpha value is 0.640. The molecule has 1 heterocycles. The van der Waals surface area contributed by atoms with E-state index in [1.54, 1.807) is 0 Å². The van der Waals surface area contributed by atoms with Crippen LogP contribution in [0, 0.1) is 5.92 Å². The van der Waals surface area contributed by atoms with Gasteiger partial charge in [0, 0.05) is 9.34 Å². The molecule has 3 fully saturated rings. The van der Waals surface area contributed by atoms with Crippen LogP contribution in [0.3, 0.4) is 0 Å². The molecule has 4 atom stereocenters. The predicted octanol–water partition coefficient (Wildman–Crippen LogP) is 1.07. The fourth-order valence-corrected chi connectivity index (χ4v) is 6.50. The van der Waals surface area contributed by atoms with E-state index in [1.165, 1.54) is 0 Å². The van der Waals surface area contributed by atoms with Crippen LogP contribution in [-0.4, -0.2) is 23.2 Å². The lowest BCUT2D eigenvalue weighted by molar-refractivity contribution is 0.200. The second-order valence-corrected chi connectivity index (χ2v) is 8.16. The van der Waals surface area contributed by atoms with Crippen LogP contribution in [0.4, 0.5) is 0 Å². The molecule has 3 aliphatic rings. The molecule has 3 rings (SSSR count). The summed E-state index contributed by atoms with van der Waals surface area (Å²) in [7, 11) is -3.17. The summed E-state index contributed by atoms with van der Waals surface area (Å²) in [6.07, 6.45) is 2.82. The van der Waals surface area contributed by atoms with E-state index in [-0.39, 0.29) is 14.8 Å². The highest BCUT2D eigenvalue weighted by atomic mass is 127. The van der Waals surface area contributed by atoms with Crippen molar-refractivity contribution in [1.29, 1.82) is 0 Å². The Morgan fingerprint density at radius 1 is 1.33 bits per heavy atom. The quantitative estimate of drug-likeness (QED) is 0.382. The van der Waals surface area contributed by atoms with E-state index in [0.29, 0.717) is 5.92 Å². The number of rotatable bonds is 0. The first-order chi connectivity index (χ1) is 5.50. The average Bonchev–Trinajstić information content (AvgIpc) is 2.40. The predicted molar refractivity (Wildman–Crippen MR) is 51.7 cm³/mol. The van der Waals surface area contributed by atoms with E-state index >= 15 is 0 Å². The first kappa shape index (κ1) is 7.99. The molecule has 3 nitrogen and oxygen atoms in total. The van der Waals surface area contributed by atoms with Gasteiger partial charge in [-0.05, 0) is 19.3 Å². The Morgan fingerprint density at radius 3 is 2.58 bits per heavy atom. The average molecular weight is 300 g/mol. The van der Waals surface area contributed by atoms with Gasteiger partial charge in [-0.25, -0.2) is 0 Å². The number of hydrogen-bond donors (Lipinski definition) is 0. The van der Waals surface area contributed by atoms with Crippen molar-refractivity contribution >= 4 is 32.7 Å². The molecule has 0 radical (unpaired) electrons. The van der Waals surface area contributed by atoms with Gasteiger partial charge in [-0.2, -0.15) is 8.42 Å². The number of halogens is 1. The summed E-state index contributed by atoms with van der Waals surface area (Å²) >= 11 is 2.41.